The van der Waals surface area contributed by atoms with Crippen LogP contribution in [0.5, 0.6) is 23.0 Å². The van der Waals surface area contributed by atoms with Crippen molar-refractivity contribution >= 4 is 22.6 Å². The van der Waals surface area contributed by atoms with Gasteiger partial charge in [-0.25, -0.2) is 4.98 Å². The van der Waals surface area contributed by atoms with Gasteiger partial charge in [0.2, 0.25) is 0 Å². The maximum atomic E-state index is 6.53. The Morgan fingerprint density at radius 3 is 2.18 bits per heavy atom. The summed E-state index contributed by atoms with van der Waals surface area (Å²) in [5.41, 5.74) is 3.92. The van der Waals surface area contributed by atoms with E-state index in [0.29, 0.717) is 13.2 Å². The Labute approximate surface area is 274 Å². The third-order valence-corrected chi connectivity index (χ3v) is 7.84. The van der Waals surface area contributed by atoms with Crippen LogP contribution in [0, 0.1) is 0 Å². The lowest BCUT2D eigenvalue weighted by Crippen LogP contribution is -2.28. The van der Waals surface area contributed by atoms with Crippen molar-refractivity contribution < 1.29 is 18.9 Å². The normalized spacial score (nSPS) is 11.6. The van der Waals surface area contributed by atoms with Gasteiger partial charge < -0.3 is 28.4 Å². The van der Waals surface area contributed by atoms with Gasteiger partial charge in [0, 0.05) is 42.7 Å². The van der Waals surface area contributed by atoms with Crippen LogP contribution in [0.25, 0.3) is 22.4 Å². The molecule has 0 unspecified atom stereocenters. The van der Waals surface area contributed by atoms with Crippen LogP contribution in [-0.2, 0) is 13.0 Å². The Hall–Kier alpha value is -3.42. The number of hydrogen-bond donors (Lipinski definition) is 0. The minimum absolute atomic E-state index is 0.00461. The van der Waals surface area contributed by atoms with Gasteiger partial charge in [0.1, 0.15) is 35.2 Å². The second-order valence-corrected chi connectivity index (χ2v) is 12.3. The van der Waals surface area contributed by atoms with E-state index in [1.807, 2.05) is 70.2 Å². The van der Waals surface area contributed by atoms with E-state index in [0.717, 1.165) is 95.9 Å². The maximum absolute atomic E-state index is 6.53. The average molecular weight is 636 g/mol. The van der Waals surface area contributed by atoms with E-state index in [1.54, 1.807) is 0 Å². The molecule has 0 N–H and O–H groups in total. The van der Waals surface area contributed by atoms with E-state index in [-0.39, 0.29) is 12.2 Å². The lowest BCUT2D eigenvalue weighted by molar-refractivity contribution is 0.222. The molecule has 0 aliphatic heterocycles. The van der Waals surface area contributed by atoms with Crippen molar-refractivity contribution in [3.63, 3.8) is 0 Å². The van der Waals surface area contributed by atoms with Gasteiger partial charge in [-0.1, -0.05) is 50.9 Å². The van der Waals surface area contributed by atoms with Crippen LogP contribution in [0.15, 0.2) is 54.6 Å². The topological polar surface area (TPSA) is 58.0 Å². The van der Waals surface area contributed by atoms with Gasteiger partial charge >= 0.3 is 0 Å². The Balaban J connectivity index is 1.75. The SMILES string of the molecule is CCCCn1c(-c2ccc(OCCc3ccc(Cl)cc3)cc2OCCN(CC)CC)nc2c(OC(C)C)cc(OC(C)C)cc21. The fourth-order valence-electron chi connectivity index (χ4n) is 5.26. The number of hydrogen-bond acceptors (Lipinski definition) is 6. The van der Waals surface area contributed by atoms with Crippen LogP contribution in [0.4, 0.5) is 0 Å². The second-order valence-electron chi connectivity index (χ2n) is 11.8. The molecule has 0 saturated carbocycles. The lowest BCUT2D eigenvalue weighted by atomic mass is 10.1. The average Bonchev–Trinajstić information content (AvgIpc) is 3.37. The van der Waals surface area contributed by atoms with Gasteiger partial charge in [0.15, 0.2) is 5.75 Å². The molecule has 244 valence electrons. The molecule has 0 spiro atoms. The van der Waals surface area contributed by atoms with Crippen LogP contribution in [0.2, 0.25) is 5.02 Å². The molecular formula is C37H50ClN3O4. The number of imidazole rings is 1. The summed E-state index contributed by atoms with van der Waals surface area (Å²) in [5, 5.41) is 0.735. The Morgan fingerprint density at radius 2 is 1.51 bits per heavy atom. The zero-order valence-electron chi connectivity index (χ0n) is 28.1. The molecule has 0 aliphatic carbocycles. The number of aryl methyl sites for hydroxylation is 1. The van der Waals surface area contributed by atoms with Gasteiger partial charge in [0.25, 0.3) is 0 Å². The highest BCUT2D eigenvalue weighted by atomic mass is 35.5. The van der Waals surface area contributed by atoms with E-state index in [1.165, 1.54) is 5.56 Å². The Bertz CT molecular complexity index is 1500. The molecule has 1 aromatic heterocycles. The van der Waals surface area contributed by atoms with Gasteiger partial charge in [-0.05, 0) is 77.0 Å². The third-order valence-electron chi connectivity index (χ3n) is 7.59. The monoisotopic (exact) mass is 635 g/mol. The van der Waals surface area contributed by atoms with E-state index in [4.69, 9.17) is 35.5 Å². The molecule has 4 rings (SSSR count). The first-order chi connectivity index (χ1) is 21.7. The predicted octanol–water partition coefficient (Wildman–Crippen LogP) is 9.07. The number of ether oxygens (including phenoxy) is 4. The minimum Gasteiger partial charge on any atom is -0.493 e. The molecule has 8 heteroatoms. The zero-order chi connectivity index (χ0) is 32.3. The number of halogens is 1. The molecule has 0 bridgehead atoms. The molecule has 1 heterocycles. The summed E-state index contributed by atoms with van der Waals surface area (Å²) in [6.07, 6.45) is 2.89. The molecule has 4 aromatic rings. The van der Waals surface area contributed by atoms with Crippen molar-refractivity contribution in [3.05, 3.63) is 65.2 Å². The quantitative estimate of drug-likeness (QED) is 0.109. The molecule has 0 aliphatic rings. The summed E-state index contributed by atoms with van der Waals surface area (Å²) in [7, 11) is 0. The Kier molecular flexibility index (Phi) is 12.8. The largest absolute Gasteiger partial charge is 0.493 e. The van der Waals surface area contributed by atoms with E-state index in [2.05, 4.69) is 42.4 Å². The highest BCUT2D eigenvalue weighted by Crippen LogP contribution is 2.39. The third kappa shape index (κ3) is 9.54. The van der Waals surface area contributed by atoms with E-state index < -0.39 is 0 Å². The zero-order valence-corrected chi connectivity index (χ0v) is 28.8. The predicted molar refractivity (Wildman–Crippen MR) is 186 cm³/mol. The molecule has 3 aromatic carbocycles. The van der Waals surface area contributed by atoms with Crippen molar-refractivity contribution in [1.82, 2.24) is 14.5 Å². The van der Waals surface area contributed by atoms with Crippen molar-refractivity contribution in [2.75, 3.05) is 32.8 Å². The number of rotatable bonds is 18. The molecule has 7 nitrogen and oxygen atoms in total. The summed E-state index contributed by atoms with van der Waals surface area (Å²) in [6, 6.07) is 18.0. The standard InChI is InChI=1S/C37H50ClN3O4/c1-8-11-19-41-33-23-31(44-26(4)5)25-35(45-27(6)7)36(33)39-37(41)32-17-16-30(24-34(32)43-22-20-40(9-2)10-3)42-21-18-28-12-14-29(38)15-13-28/h12-17,23-27H,8-11,18-22H2,1-7H3. The molecule has 0 fully saturated rings. The number of nitrogens with zero attached hydrogens (tertiary/aromatic N) is 3. The van der Waals surface area contributed by atoms with Crippen LogP contribution in [-0.4, -0.2) is 59.5 Å². The van der Waals surface area contributed by atoms with Gasteiger partial charge in [-0.3, -0.25) is 0 Å². The minimum atomic E-state index is -0.00461. The van der Waals surface area contributed by atoms with Crippen LogP contribution in [0.1, 0.15) is 66.9 Å². The fraction of sp³-hybridized carbons (Fsp3) is 0.486. The molecule has 0 amide bonds. The van der Waals surface area contributed by atoms with Crippen LogP contribution in [0.3, 0.4) is 0 Å². The highest BCUT2D eigenvalue weighted by molar-refractivity contribution is 6.30. The summed E-state index contributed by atoms with van der Waals surface area (Å²) < 4.78 is 27.5. The molecular weight excluding hydrogens is 586 g/mol. The highest BCUT2D eigenvalue weighted by Gasteiger charge is 2.22. The van der Waals surface area contributed by atoms with Crippen molar-refractivity contribution in [2.45, 2.75) is 86.5 Å². The number of fused-ring (bicyclic) bond motifs is 1. The fourth-order valence-corrected chi connectivity index (χ4v) is 5.38. The number of unbranched alkanes of at least 4 members (excludes halogenated alkanes) is 1. The van der Waals surface area contributed by atoms with Crippen molar-refractivity contribution in [1.29, 1.82) is 0 Å². The maximum Gasteiger partial charge on any atom is 0.151 e. The second kappa shape index (κ2) is 16.8. The molecule has 0 atom stereocenters. The molecule has 0 radical (unpaired) electrons. The summed E-state index contributed by atoms with van der Waals surface area (Å²) in [5.74, 6) is 3.86. The van der Waals surface area contributed by atoms with Gasteiger partial charge in [-0.2, -0.15) is 0 Å². The first-order valence-electron chi connectivity index (χ1n) is 16.5. The van der Waals surface area contributed by atoms with E-state index >= 15 is 0 Å². The lowest BCUT2D eigenvalue weighted by Gasteiger charge is -2.20. The van der Waals surface area contributed by atoms with Crippen LogP contribution >= 0.6 is 11.6 Å². The van der Waals surface area contributed by atoms with Gasteiger partial charge in [-0.15, -0.1) is 0 Å². The summed E-state index contributed by atoms with van der Waals surface area (Å²) in [6.45, 7) is 19.4. The summed E-state index contributed by atoms with van der Waals surface area (Å²) >= 11 is 6.06. The summed E-state index contributed by atoms with van der Waals surface area (Å²) in [4.78, 5) is 7.58. The number of aromatic nitrogens is 2. The Morgan fingerprint density at radius 1 is 0.800 bits per heavy atom. The smallest absolute Gasteiger partial charge is 0.151 e. The molecule has 45 heavy (non-hydrogen) atoms. The van der Waals surface area contributed by atoms with Crippen molar-refractivity contribution in [2.24, 2.45) is 0 Å². The van der Waals surface area contributed by atoms with Crippen LogP contribution < -0.4 is 18.9 Å². The first kappa shape index (κ1) is 34.5. The first-order valence-corrected chi connectivity index (χ1v) is 16.8. The van der Waals surface area contributed by atoms with E-state index in [9.17, 15) is 0 Å². The van der Waals surface area contributed by atoms with Crippen molar-refractivity contribution in [3.8, 4) is 34.4 Å². The van der Waals surface area contributed by atoms with Gasteiger partial charge in [0.05, 0.1) is 29.9 Å². The number of benzene rings is 3. The number of likely N-dealkylation sites (N-methyl/N-ethyl adjacent to an activating group) is 1. The molecule has 0 saturated heterocycles.